The molecule has 1 heterocycles. The first-order chi connectivity index (χ1) is 21.7. The lowest BCUT2D eigenvalue weighted by Crippen LogP contribution is -2.00. The van der Waals surface area contributed by atoms with E-state index in [1.807, 2.05) is 18.2 Å². The minimum absolute atomic E-state index is 0.629. The Hall–Kier alpha value is -5.93. The minimum Gasteiger partial charge on any atom is -0.208 e. The summed E-state index contributed by atoms with van der Waals surface area (Å²) in [6.07, 6.45) is 1.85. The van der Waals surface area contributed by atoms with Gasteiger partial charge in [-0.15, -0.1) is 0 Å². The summed E-state index contributed by atoms with van der Waals surface area (Å²) in [4.78, 5) is 15.1. The van der Waals surface area contributed by atoms with Crippen LogP contribution in [0.2, 0.25) is 0 Å². The van der Waals surface area contributed by atoms with Crippen LogP contribution in [0, 0.1) is 0 Å². The SMILES string of the molecule is C=Cc1ccc(-c2cccc(-c3nc(-c4cccc(-c5ccccc5)c4)nc(-c4cccc(-c5ccccc5)c4)n3)c2)cc1. The smallest absolute Gasteiger partial charge is 0.164 e. The zero-order valence-electron chi connectivity index (χ0n) is 24.1. The van der Waals surface area contributed by atoms with E-state index in [2.05, 4.69) is 152 Å². The van der Waals surface area contributed by atoms with Crippen LogP contribution in [0.3, 0.4) is 0 Å². The van der Waals surface area contributed by atoms with Crippen molar-refractivity contribution in [3.63, 3.8) is 0 Å². The van der Waals surface area contributed by atoms with Gasteiger partial charge in [0.1, 0.15) is 0 Å². The highest BCUT2D eigenvalue weighted by Gasteiger charge is 2.14. The molecule has 0 spiro atoms. The van der Waals surface area contributed by atoms with E-state index in [1.54, 1.807) is 0 Å². The third-order valence-corrected chi connectivity index (χ3v) is 7.69. The summed E-state index contributed by atoms with van der Waals surface area (Å²) in [7, 11) is 0. The fourth-order valence-electron chi connectivity index (χ4n) is 5.35. The molecule has 7 rings (SSSR count). The maximum absolute atomic E-state index is 5.04. The quantitative estimate of drug-likeness (QED) is 0.194. The first-order valence-electron chi connectivity index (χ1n) is 14.6. The Balaban J connectivity index is 1.37. The van der Waals surface area contributed by atoms with E-state index in [-0.39, 0.29) is 0 Å². The summed E-state index contributed by atoms with van der Waals surface area (Å²) in [6, 6.07) is 54.3. The molecule has 0 N–H and O–H groups in total. The third kappa shape index (κ3) is 5.72. The van der Waals surface area contributed by atoms with Crippen molar-refractivity contribution in [3.05, 3.63) is 170 Å². The van der Waals surface area contributed by atoms with Crippen molar-refractivity contribution >= 4 is 6.08 Å². The van der Waals surface area contributed by atoms with Gasteiger partial charge in [-0.2, -0.15) is 0 Å². The predicted octanol–water partition coefficient (Wildman–Crippen LogP) is 10.5. The molecule has 0 bridgehead atoms. The molecule has 208 valence electrons. The molecule has 0 unspecified atom stereocenters. The Bertz CT molecular complexity index is 1960. The highest BCUT2D eigenvalue weighted by molar-refractivity contribution is 5.76. The summed E-state index contributed by atoms with van der Waals surface area (Å²) in [5, 5.41) is 0. The molecule has 0 aliphatic rings. The van der Waals surface area contributed by atoms with Gasteiger partial charge >= 0.3 is 0 Å². The maximum Gasteiger partial charge on any atom is 0.164 e. The molecular weight excluding hydrogens is 534 g/mol. The summed E-state index contributed by atoms with van der Waals surface area (Å²) in [5.74, 6) is 1.90. The first-order valence-corrected chi connectivity index (χ1v) is 14.6. The van der Waals surface area contributed by atoms with Gasteiger partial charge in [0.2, 0.25) is 0 Å². The molecule has 0 saturated heterocycles. The molecular formula is C41H29N3. The molecule has 3 nitrogen and oxygen atoms in total. The zero-order chi connectivity index (χ0) is 29.7. The fourth-order valence-corrected chi connectivity index (χ4v) is 5.35. The molecule has 0 aliphatic heterocycles. The number of aromatic nitrogens is 3. The Morgan fingerprint density at radius 2 is 0.636 bits per heavy atom. The second-order valence-electron chi connectivity index (χ2n) is 10.6. The number of benzene rings is 6. The lowest BCUT2D eigenvalue weighted by molar-refractivity contribution is 1.07. The fraction of sp³-hybridized carbons (Fsp3) is 0. The van der Waals surface area contributed by atoms with Gasteiger partial charge < -0.3 is 0 Å². The van der Waals surface area contributed by atoms with Crippen molar-refractivity contribution in [2.24, 2.45) is 0 Å². The van der Waals surface area contributed by atoms with Crippen molar-refractivity contribution in [2.75, 3.05) is 0 Å². The summed E-state index contributed by atoms with van der Waals surface area (Å²) >= 11 is 0. The van der Waals surface area contributed by atoms with Gasteiger partial charge in [-0.1, -0.05) is 152 Å². The molecule has 6 aromatic carbocycles. The minimum atomic E-state index is 0.629. The standard InChI is InChI=1S/C41H29N3/c1-2-29-22-24-32(25-23-29)35-18-11-21-38(28-35)41-43-39(36-19-9-16-33(26-36)30-12-5-3-6-13-30)42-40(44-41)37-20-10-17-34(27-37)31-14-7-4-8-15-31/h2-28H,1H2. The largest absolute Gasteiger partial charge is 0.208 e. The van der Waals surface area contributed by atoms with Crippen LogP contribution < -0.4 is 0 Å². The average molecular weight is 564 g/mol. The molecule has 0 atom stereocenters. The Morgan fingerprint density at radius 3 is 1.00 bits per heavy atom. The van der Waals surface area contributed by atoms with Crippen LogP contribution in [-0.2, 0) is 0 Å². The Morgan fingerprint density at radius 1 is 0.318 bits per heavy atom. The van der Waals surface area contributed by atoms with Gasteiger partial charge in [0.25, 0.3) is 0 Å². The van der Waals surface area contributed by atoms with E-state index in [0.717, 1.165) is 55.6 Å². The molecule has 0 saturated carbocycles. The zero-order valence-corrected chi connectivity index (χ0v) is 24.1. The van der Waals surface area contributed by atoms with Gasteiger partial charge in [-0.25, -0.2) is 15.0 Å². The number of hydrogen-bond donors (Lipinski definition) is 0. The molecule has 0 radical (unpaired) electrons. The lowest BCUT2D eigenvalue weighted by atomic mass is 10.0. The summed E-state index contributed by atoms with van der Waals surface area (Å²) in [5.41, 5.74) is 10.6. The van der Waals surface area contributed by atoms with Crippen LogP contribution in [0.4, 0.5) is 0 Å². The lowest BCUT2D eigenvalue weighted by Gasteiger charge is -2.11. The van der Waals surface area contributed by atoms with Gasteiger partial charge in [0.15, 0.2) is 17.5 Å². The van der Waals surface area contributed by atoms with Gasteiger partial charge in [0, 0.05) is 16.7 Å². The van der Waals surface area contributed by atoms with Crippen molar-refractivity contribution < 1.29 is 0 Å². The molecule has 0 aliphatic carbocycles. The van der Waals surface area contributed by atoms with Crippen LogP contribution in [0.15, 0.2) is 164 Å². The molecule has 3 heteroatoms. The van der Waals surface area contributed by atoms with E-state index in [9.17, 15) is 0 Å². The van der Waals surface area contributed by atoms with E-state index in [0.29, 0.717) is 17.5 Å². The van der Waals surface area contributed by atoms with Gasteiger partial charge in [-0.05, 0) is 57.1 Å². The van der Waals surface area contributed by atoms with Crippen molar-refractivity contribution in [1.29, 1.82) is 0 Å². The second-order valence-corrected chi connectivity index (χ2v) is 10.6. The van der Waals surface area contributed by atoms with Crippen molar-refractivity contribution in [3.8, 4) is 67.5 Å². The highest BCUT2D eigenvalue weighted by Crippen LogP contribution is 2.31. The summed E-state index contributed by atoms with van der Waals surface area (Å²) < 4.78 is 0. The van der Waals surface area contributed by atoms with E-state index >= 15 is 0 Å². The maximum atomic E-state index is 5.04. The first kappa shape index (κ1) is 26.9. The van der Waals surface area contributed by atoms with Crippen LogP contribution in [-0.4, -0.2) is 15.0 Å². The normalized spacial score (nSPS) is 10.8. The molecule has 1 aromatic heterocycles. The number of hydrogen-bond acceptors (Lipinski definition) is 3. The monoisotopic (exact) mass is 563 g/mol. The molecule has 0 amide bonds. The third-order valence-electron chi connectivity index (χ3n) is 7.69. The summed E-state index contributed by atoms with van der Waals surface area (Å²) in [6.45, 7) is 3.88. The average Bonchev–Trinajstić information content (AvgIpc) is 3.12. The number of nitrogens with zero attached hydrogens (tertiary/aromatic N) is 3. The second kappa shape index (κ2) is 12.1. The van der Waals surface area contributed by atoms with Crippen molar-refractivity contribution in [1.82, 2.24) is 15.0 Å². The van der Waals surface area contributed by atoms with E-state index < -0.39 is 0 Å². The van der Waals surface area contributed by atoms with Gasteiger partial charge in [-0.3, -0.25) is 0 Å². The van der Waals surface area contributed by atoms with Crippen LogP contribution in [0.25, 0.3) is 73.6 Å². The topological polar surface area (TPSA) is 38.7 Å². The molecule has 0 fully saturated rings. The molecule has 7 aromatic rings. The predicted molar refractivity (Wildman–Crippen MR) is 183 cm³/mol. The highest BCUT2D eigenvalue weighted by atomic mass is 15.0. The van der Waals surface area contributed by atoms with E-state index in [1.165, 1.54) is 0 Å². The van der Waals surface area contributed by atoms with Crippen LogP contribution in [0.5, 0.6) is 0 Å². The number of rotatable bonds is 7. The van der Waals surface area contributed by atoms with Crippen LogP contribution >= 0.6 is 0 Å². The molecule has 44 heavy (non-hydrogen) atoms. The Kier molecular flexibility index (Phi) is 7.42. The Labute approximate surface area is 257 Å². The van der Waals surface area contributed by atoms with Crippen molar-refractivity contribution in [2.45, 2.75) is 0 Å². The van der Waals surface area contributed by atoms with Crippen LogP contribution in [0.1, 0.15) is 5.56 Å². The van der Waals surface area contributed by atoms with Gasteiger partial charge in [0.05, 0.1) is 0 Å². The van der Waals surface area contributed by atoms with E-state index in [4.69, 9.17) is 15.0 Å².